The van der Waals surface area contributed by atoms with Gasteiger partial charge in [0.2, 0.25) is 0 Å². The average molecular weight is 425 g/mol. The molecular weight excluding hydrogens is 400 g/mol. The Hall–Kier alpha value is -3.59. The average Bonchev–Trinajstić information content (AvgIpc) is 3.21. The first kappa shape index (κ1) is 21.1. The number of ether oxygens (including phenoxy) is 1. The molecule has 3 rings (SSSR count). The highest BCUT2D eigenvalue weighted by Gasteiger charge is 2.07. The Morgan fingerprint density at radius 2 is 2.03 bits per heavy atom. The third-order valence-corrected chi connectivity index (χ3v) is 5.04. The SMILES string of the molecule is COc1ccccc1CCN=C(N)Nc1nc(-c2cccc(CNC(N)=O)c2)cs1. The number of rotatable bonds is 8. The quantitative estimate of drug-likeness (QED) is 0.326. The van der Waals surface area contributed by atoms with E-state index in [1.54, 1.807) is 7.11 Å². The van der Waals surface area contributed by atoms with Crippen molar-refractivity contribution in [1.82, 2.24) is 10.3 Å². The molecule has 0 aliphatic rings. The van der Waals surface area contributed by atoms with E-state index in [9.17, 15) is 4.79 Å². The van der Waals surface area contributed by atoms with Crippen LogP contribution >= 0.6 is 11.3 Å². The number of methoxy groups -OCH3 is 1. The standard InChI is InChI=1S/C21H24N6O2S/c1-29-18-8-3-2-6-15(18)9-10-24-19(22)27-21-26-17(13-30-21)16-7-4-5-14(11-16)12-25-20(23)28/h2-8,11,13H,9-10,12H2,1H3,(H3,23,25,28)(H3,22,24,26,27). The molecule has 1 heterocycles. The number of thiazole rings is 1. The van der Waals surface area contributed by atoms with Gasteiger partial charge in [-0.1, -0.05) is 36.4 Å². The van der Waals surface area contributed by atoms with Gasteiger partial charge in [0, 0.05) is 24.0 Å². The number of nitrogens with one attached hydrogen (secondary N) is 2. The van der Waals surface area contributed by atoms with E-state index >= 15 is 0 Å². The molecule has 30 heavy (non-hydrogen) atoms. The number of guanidine groups is 1. The van der Waals surface area contributed by atoms with Crippen molar-refractivity contribution in [2.75, 3.05) is 19.0 Å². The van der Waals surface area contributed by atoms with Gasteiger partial charge in [-0.05, 0) is 29.7 Å². The highest BCUT2D eigenvalue weighted by molar-refractivity contribution is 7.14. The Kier molecular flexibility index (Phi) is 7.23. The van der Waals surface area contributed by atoms with Crippen LogP contribution in [0.15, 0.2) is 58.9 Å². The van der Waals surface area contributed by atoms with Crippen molar-refractivity contribution >= 4 is 28.5 Å². The normalized spacial score (nSPS) is 11.2. The number of hydrogen-bond donors (Lipinski definition) is 4. The number of benzene rings is 2. The summed E-state index contributed by atoms with van der Waals surface area (Å²) in [6.45, 7) is 0.899. The van der Waals surface area contributed by atoms with Gasteiger partial charge in [0.1, 0.15) is 5.75 Å². The first-order valence-electron chi connectivity index (χ1n) is 9.32. The summed E-state index contributed by atoms with van der Waals surface area (Å²) in [7, 11) is 1.65. The number of para-hydroxylation sites is 1. The lowest BCUT2D eigenvalue weighted by atomic mass is 10.1. The summed E-state index contributed by atoms with van der Waals surface area (Å²) in [5.41, 5.74) is 14.9. The molecule has 0 spiro atoms. The zero-order chi connectivity index (χ0) is 21.3. The van der Waals surface area contributed by atoms with E-state index in [-0.39, 0.29) is 0 Å². The summed E-state index contributed by atoms with van der Waals surface area (Å²) < 4.78 is 5.35. The maximum Gasteiger partial charge on any atom is 0.312 e. The fourth-order valence-electron chi connectivity index (χ4n) is 2.85. The van der Waals surface area contributed by atoms with E-state index in [0.717, 1.165) is 34.6 Å². The number of hydrogen-bond acceptors (Lipinski definition) is 5. The second kappa shape index (κ2) is 10.3. The number of carbonyl (C=O) groups excluding carboxylic acids is 1. The van der Waals surface area contributed by atoms with Crippen molar-refractivity contribution in [3.63, 3.8) is 0 Å². The summed E-state index contributed by atoms with van der Waals surface area (Å²) in [6.07, 6.45) is 0.724. The molecule has 0 fully saturated rings. The summed E-state index contributed by atoms with van der Waals surface area (Å²) in [6, 6.07) is 15.0. The summed E-state index contributed by atoms with van der Waals surface area (Å²) >= 11 is 1.44. The third kappa shape index (κ3) is 5.95. The van der Waals surface area contributed by atoms with Crippen LogP contribution in [-0.4, -0.2) is 30.6 Å². The van der Waals surface area contributed by atoms with Gasteiger partial charge in [-0.25, -0.2) is 9.78 Å². The molecule has 3 aromatic rings. The lowest BCUT2D eigenvalue weighted by Crippen LogP contribution is -2.28. The molecule has 0 saturated carbocycles. The fourth-order valence-corrected chi connectivity index (χ4v) is 3.58. The van der Waals surface area contributed by atoms with Gasteiger partial charge >= 0.3 is 6.03 Å². The number of anilines is 1. The monoisotopic (exact) mass is 424 g/mol. The predicted molar refractivity (Wildman–Crippen MR) is 121 cm³/mol. The number of aliphatic imine (C=N–C) groups is 1. The predicted octanol–water partition coefficient (Wildman–Crippen LogP) is 2.96. The minimum Gasteiger partial charge on any atom is -0.496 e. The van der Waals surface area contributed by atoms with Gasteiger partial charge in [-0.2, -0.15) is 0 Å². The van der Waals surface area contributed by atoms with Crippen LogP contribution in [0.4, 0.5) is 9.93 Å². The second-order valence-electron chi connectivity index (χ2n) is 6.41. The van der Waals surface area contributed by atoms with E-state index in [0.29, 0.717) is 24.2 Å². The molecule has 0 aliphatic heterocycles. The molecule has 156 valence electrons. The summed E-state index contributed by atoms with van der Waals surface area (Å²) in [5.74, 6) is 1.15. The van der Waals surface area contributed by atoms with Crippen molar-refractivity contribution < 1.29 is 9.53 Å². The largest absolute Gasteiger partial charge is 0.496 e. The Morgan fingerprint density at radius 3 is 2.83 bits per heavy atom. The maximum atomic E-state index is 10.9. The van der Waals surface area contributed by atoms with Crippen molar-refractivity contribution in [3.05, 3.63) is 65.0 Å². The molecule has 0 unspecified atom stereocenters. The summed E-state index contributed by atoms with van der Waals surface area (Å²) in [5, 5.41) is 8.20. The van der Waals surface area contributed by atoms with Gasteiger partial charge in [0.15, 0.2) is 11.1 Å². The van der Waals surface area contributed by atoms with Crippen molar-refractivity contribution in [1.29, 1.82) is 0 Å². The zero-order valence-corrected chi connectivity index (χ0v) is 17.4. The van der Waals surface area contributed by atoms with E-state index in [1.807, 2.05) is 53.9 Å². The van der Waals surface area contributed by atoms with E-state index in [2.05, 4.69) is 20.6 Å². The first-order chi connectivity index (χ1) is 14.5. The van der Waals surface area contributed by atoms with Gasteiger partial charge in [0.05, 0.1) is 12.8 Å². The Bertz CT molecular complexity index is 1030. The number of primary amides is 1. The number of carbonyl (C=O) groups is 1. The lowest BCUT2D eigenvalue weighted by Gasteiger charge is -2.07. The highest BCUT2D eigenvalue weighted by atomic mass is 32.1. The Labute approximate surface area is 179 Å². The lowest BCUT2D eigenvalue weighted by molar-refractivity contribution is 0.248. The van der Waals surface area contributed by atoms with E-state index in [1.165, 1.54) is 11.3 Å². The van der Waals surface area contributed by atoms with Crippen molar-refractivity contribution in [2.24, 2.45) is 16.5 Å². The van der Waals surface area contributed by atoms with Crippen LogP contribution < -0.4 is 26.8 Å². The van der Waals surface area contributed by atoms with Crippen LogP contribution in [0.25, 0.3) is 11.3 Å². The first-order valence-corrected chi connectivity index (χ1v) is 10.2. The van der Waals surface area contributed by atoms with Gasteiger partial charge in [-0.3, -0.25) is 4.99 Å². The number of urea groups is 1. The molecule has 0 bridgehead atoms. The van der Waals surface area contributed by atoms with Crippen LogP contribution in [-0.2, 0) is 13.0 Å². The fraction of sp³-hybridized carbons (Fsp3) is 0.190. The van der Waals surface area contributed by atoms with Crippen molar-refractivity contribution in [2.45, 2.75) is 13.0 Å². The Balaban J connectivity index is 1.59. The Morgan fingerprint density at radius 1 is 1.20 bits per heavy atom. The highest BCUT2D eigenvalue weighted by Crippen LogP contribution is 2.25. The molecule has 8 nitrogen and oxygen atoms in total. The molecule has 2 amide bonds. The minimum atomic E-state index is -0.555. The molecule has 9 heteroatoms. The molecule has 0 atom stereocenters. The molecule has 0 saturated heterocycles. The number of nitrogens with two attached hydrogens (primary N) is 2. The van der Waals surface area contributed by atoms with E-state index in [4.69, 9.17) is 16.2 Å². The molecule has 0 radical (unpaired) electrons. The van der Waals surface area contributed by atoms with Crippen molar-refractivity contribution in [3.8, 4) is 17.0 Å². The summed E-state index contributed by atoms with van der Waals surface area (Å²) in [4.78, 5) is 19.8. The molecular formula is C21H24N6O2S. The molecule has 6 N–H and O–H groups in total. The third-order valence-electron chi connectivity index (χ3n) is 4.28. The number of amides is 2. The van der Waals surface area contributed by atoms with Crippen LogP contribution in [0, 0.1) is 0 Å². The van der Waals surface area contributed by atoms with Crippen LogP contribution in [0.2, 0.25) is 0 Å². The van der Waals surface area contributed by atoms with Crippen LogP contribution in [0.1, 0.15) is 11.1 Å². The van der Waals surface area contributed by atoms with Crippen LogP contribution in [0.3, 0.4) is 0 Å². The van der Waals surface area contributed by atoms with Gasteiger partial charge < -0.3 is 26.8 Å². The second-order valence-corrected chi connectivity index (χ2v) is 7.27. The molecule has 1 aromatic heterocycles. The molecule has 0 aliphatic carbocycles. The zero-order valence-electron chi connectivity index (χ0n) is 16.6. The van der Waals surface area contributed by atoms with Crippen LogP contribution in [0.5, 0.6) is 5.75 Å². The topological polar surface area (TPSA) is 128 Å². The van der Waals surface area contributed by atoms with Gasteiger partial charge in [0.25, 0.3) is 0 Å². The number of aromatic nitrogens is 1. The maximum absolute atomic E-state index is 10.9. The smallest absolute Gasteiger partial charge is 0.312 e. The van der Waals surface area contributed by atoms with Gasteiger partial charge in [-0.15, -0.1) is 11.3 Å². The minimum absolute atomic E-state index is 0.310. The molecule has 2 aromatic carbocycles. The number of nitrogens with zero attached hydrogens (tertiary/aromatic N) is 2. The van der Waals surface area contributed by atoms with E-state index < -0.39 is 6.03 Å².